The van der Waals surface area contributed by atoms with Gasteiger partial charge in [-0.15, -0.1) is 0 Å². The Hall–Kier alpha value is -2.73. The lowest BCUT2D eigenvalue weighted by Gasteiger charge is -2.25. The Bertz CT molecular complexity index is 912. The molecule has 1 aromatic heterocycles. The van der Waals surface area contributed by atoms with Crippen LogP contribution in [-0.4, -0.2) is 59.3 Å². The Morgan fingerprint density at radius 1 is 1.06 bits per heavy atom. The molecule has 2 amide bonds. The minimum absolute atomic E-state index is 0.00212. The first kappa shape index (κ1) is 21.5. The lowest BCUT2D eigenvalue weighted by Crippen LogP contribution is -2.35. The first-order chi connectivity index (χ1) is 14.9. The first-order valence-electron chi connectivity index (χ1n) is 11.2. The number of rotatable bonds is 6. The van der Waals surface area contributed by atoms with Gasteiger partial charge < -0.3 is 15.1 Å². The van der Waals surface area contributed by atoms with Crippen molar-refractivity contribution in [2.24, 2.45) is 11.8 Å². The lowest BCUT2D eigenvalue weighted by atomic mass is 10.0. The third kappa shape index (κ3) is 4.79. The van der Waals surface area contributed by atoms with E-state index in [2.05, 4.69) is 27.3 Å². The van der Waals surface area contributed by atoms with Gasteiger partial charge in [-0.2, -0.15) is 0 Å². The molecule has 4 rings (SSSR count). The van der Waals surface area contributed by atoms with Gasteiger partial charge in [-0.25, -0.2) is 0 Å². The molecule has 31 heavy (non-hydrogen) atoms. The van der Waals surface area contributed by atoms with Crippen molar-refractivity contribution in [3.63, 3.8) is 0 Å². The number of carbonyl (C=O) groups is 2. The van der Waals surface area contributed by atoms with Gasteiger partial charge in [-0.05, 0) is 49.3 Å². The van der Waals surface area contributed by atoms with Gasteiger partial charge in [0.05, 0.1) is 17.3 Å². The van der Waals surface area contributed by atoms with Crippen molar-refractivity contribution in [3.8, 4) is 0 Å². The largest absolute Gasteiger partial charge is 0.349 e. The molecular formula is C25H32N4O2. The van der Waals surface area contributed by atoms with Crippen LogP contribution in [0.3, 0.4) is 0 Å². The summed E-state index contributed by atoms with van der Waals surface area (Å²) < 4.78 is 0. The summed E-state index contributed by atoms with van der Waals surface area (Å²) in [4.78, 5) is 33.6. The van der Waals surface area contributed by atoms with E-state index in [4.69, 9.17) is 0 Å². The number of amides is 2. The van der Waals surface area contributed by atoms with Crippen molar-refractivity contribution >= 4 is 11.8 Å². The van der Waals surface area contributed by atoms with Crippen LogP contribution in [0.2, 0.25) is 0 Å². The van der Waals surface area contributed by atoms with Gasteiger partial charge in [0, 0.05) is 45.8 Å². The summed E-state index contributed by atoms with van der Waals surface area (Å²) in [6.45, 7) is 10.1. The van der Waals surface area contributed by atoms with E-state index in [0.29, 0.717) is 11.8 Å². The van der Waals surface area contributed by atoms with E-state index >= 15 is 0 Å². The number of aromatic nitrogens is 1. The maximum absolute atomic E-state index is 13.1. The average molecular weight is 421 g/mol. The molecule has 2 fully saturated rings. The lowest BCUT2D eigenvalue weighted by molar-refractivity contribution is -0.119. The number of likely N-dealkylation sites (tertiary alicyclic amines) is 2. The van der Waals surface area contributed by atoms with E-state index in [0.717, 1.165) is 61.5 Å². The van der Waals surface area contributed by atoms with E-state index < -0.39 is 0 Å². The molecule has 3 heterocycles. The van der Waals surface area contributed by atoms with Gasteiger partial charge in [-0.3, -0.25) is 14.6 Å². The van der Waals surface area contributed by atoms with Gasteiger partial charge in [0.1, 0.15) is 0 Å². The zero-order valence-electron chi connectivity index (χ0n) is 18.7. The Morgan fingerprint density at radius 3 is 2.35 bits per heavy atom. The highest BCUT2D eigenvalue weighted by molar-refractivity contribution is 5.96. The van der Waals surface area contributed by atoms with E-state index in [-0.39, 0.29) is 17.9 Å². The molecule has 2 aromatic rings. The second-order valence-corrected chi connectivity index (χ2v) is 9.03. The molecule has 0 radical (unpaired) electrons. The summed E-state index contributed by atoms with van der Waals surface area (Å²) in [5, 5.41) is 3.10. The molecule has 0 spiro atoms. The van der Waals surface area contributed by atoms with Crippen LogP contribution in [0.25, 0.3) is 0 Å². The fraction of sp³-hybridized carbons (Fsp3) is 0.480. The molecule has 1 N–H and O–H groups in total. The van der Waals surface area contributed by atoms with Gasteiger partial charge in [-0.1, -0.05) is 30.3 Å². The van der Waals surface area contributed by atoms with Crippen LogP contribution in [0.15, 0.2) is 42.6 Å². The second-order valence-electron chi connectivity index (χ2n) is 9.03. The average Bonchev–Trinajstić information content (AvgIpc) is 3.30. The molecule has 1 aromatic carbocycles. The van der Waals surface area contributed by atoms with Crippen LogP contribution in [0.5, 0.6) is 0 Å². The first-order valence-corrected chi connectivity index (χ1v) is 11.2. The maximum Gasteiger partial charge on any atom is 0.255 e. The summed E-state index contributed by atoms with van der Waals surface area (Å²) in [6, 6.07) is 12.1. The Balaban J connectivity index is 1.33. The fourth-order valence-electron chi connectivity index (χ4n) is 5.18. The van der Waals surface area contributed by atoms with Gasteiger partial charge in [0.25, 0.3) is 5.91 Å². The highest BCUT2D eigenvalue weighted by Gasteiger charge is 2.42. The van der Waals surface area contributed by atoms with E-state index in [1.165, 1.54) is 0 Å². The molecule has 6 heteroatoms. The molecule has 0 saturated carbocycles. The number of nitrogens with one attached hydrogen (secondary N) is 1. The van der Waals surface area contributed by atoms with Crippen molar-refractivity contribution in [2.75, 3.05) is 32.7 Å². The summed E-state index contributed by atoms with van der Waals surface area (Å²) >= 11 is 0. The maximum atomic E-state index is 13.1. The fourth-order valence-corrected chi connectivity index (χ4v) is 5.18. The van der Waals surface area contributed by atoms with E-state index in [9.17, 15) is 9.59 Å². The molecule has 3 atom stereocenters. The molecule has 2 aliphatic rings. The normalized spacial score (nSPS) is 21.7. The SMILES string of the molecule is CC(=O)NC(CCN1CC2CN(C(=O)c3c(C)ccnc3C)CC2C1)c1ccccc1. The van der Waals surface area contributed by atoms with Crippen molar-refractivity contribution < 1.29 is 9.59 Å². The van der Waals surface area contributed by atoms with Crippen molar-refractivity contribution in [1.29, 1.82) is 0 Å². The molecule has 6 nitrogen and oxygen atoms in total. The third-order valence-electron chi connectivity index (χ3n) is 6.73. The molecule has 164 valence electrons. The number of hydrogen-bond donors (Lipinski definition) is 1. The number of aryl methyl sites for hydroxylation is 2. The molecular weight excluding hydrogens is 388 g/mol. The monoisotopic (exact) mass is 420 g/mol. The molecule has 2 saturated heterocycles. The highest BCUT2D eigenvalue weighted by Crippen LogP contribution is 2.33. The zero-order chi connectivity index (χ0) is 22.0. The van der Waals surface area contributed by atoms with Crippen LogP contribution in [0.4, 0.5) is 0 Å². The van der Waals surface area contributed by atoms with Crippen molar-refractivity contribution in [1.82, 2.24) is 20.1 Å². The zero-order valence-corrected chi connectivity index (χ0v) is 18.7. The van der Waals surface area contributed by atoms with E-state index in [1.54, 1.807) is 13.1 Å². The van der Waals surface area contributed by atoms with Crippen molar-refractivity contribution in [3.05, 3.63) is 65.0 Å². The number of pyridine rings is 1. The van der Waals surface area contributed by atoms with Gasteiger partial charge in [0.15, 0.2) is 0 Å². The van der Waals surface area contributed by atoms with E-state index in [1.807, 2.05) is 43.0 Å². The molecule has 0 aliphatic carbocycles. The predicted octanol–water partition coefficient (Wildman–Crippen LogP) is 2.97. The Morgan fingerprint density at radius 2 is 1.74 bits per heavy atom. The summed E-state index contributed by atoms with van der Waals surface area (Å²) in [5.41, 5.74) is 3.73. The number of nitrogens with zero attached hydrogens (tertiary/aromatic N) is 3. The topological polar surface area (TPSA) is 65.5 Å². The van der Waals surface area contributed by atoms with Crippen LogP contribution in [0, 0.1) is 25.7 Å². The molecule has 2 aliphatic heterocycles. The van der Waals surface area contributed by atoms with Crippen LogP contribution < -0.4 is 5.32 Å². The van der Waals surface area contributed by atoms with Gasteiger partial charge in [0.2, 0.25) is 5.91 Å². The van der Waals surface area contributed by atoms with Crippen molar-refractivity contribution in [2.45, 2.75) is 33.2 Å². The number of hydrogen-bond acceptors (Lipinski definition) is 4. The molecule has 0 bridgehead atoms. The standard InChI is InChI=1S/C25H32N4O2/c1-17-9-11-26-18(2)24(17)25(31)29-15-21-13-28(14-22(21)16-29)12-10-23(27-19(3)30)20-7-5-4-6-8-20/h4-9,11,21-23H,10,12-16H2,1-3H3,(H,27,30). The quantitative estimate of drug-likeness (QED) is 0.780. The number of fused-ring (bicyclic) bond motifs is 1. The minimum atomic E-state index is 0.00212. The summed E-state index contributed by atoms with van der Waals surface area (Å²) in [7, 11) is 0. The van der Waals surface area contributed by atoms with Gasteiger partial charge >= 0.3 is 0 Å². The molecule has 3 unspecified atom stereocenters. The summed E-state index contributed by atoms with van der Waals surface area (Å²) in [5.74, 6) is 1.18. The smallest absolute Gasteiger partial charge is 0.255 e. The second kappa shape index (κ2) is 9.18. The summed E-state index contributed by atoms with van der Waals surface area (Å²) in [6.07, 6.45) is 2.65. The minimum Gasteiger partial charge on any atom is -0.349 e. The number of benzene rings is 1. The predicted molar refractivity (Wildman–Crippen MR) is 121 cm³/mol. The Labute approximate surface area is 184 Å². The number of carbonyl (C=O) groups excluding carboxylic acids is 2. The van der Waals surface area contributed by atoms with Crippen LogP contribution in [-0.2, 0) is 4.79 Å². The van der Waals surface area contributed by atoms with Crippen LogP contribution in [0.1, 0.15) is 46.6 Å². The third-order valence-corrected chi connectivity index (χ3v) is 6.73. The highest BCUT2D eigenvalue weighted by atomic mass is 16.2. The van der Waals surface area contributed by atoms with Crippen LogP contribution >= 0.6 is 0 Å². The Kier molecular flexibility index (Phi) is 6.37.